The Balaban J connectivity index is 2.05. The lowest BCUT2D eigenvalue weighted by Crippen LogP contribution is -2.23. The molecule has 112 valence electrons. The molecule has 2 aromatic rings. The molecule has 1 heterocycles. The molecule has 0 aliphatic carbocycles. The maximum absolute atomic E-state index is 11.3. The van der Waals surface area contributed by atoms with Crippen molar-refractivity contribution < 1.29 is 4.79 Å². The van der Waals surface area contributed by atoms with E-state index in [2.05, 4.69) is 50.7 Å². The number of hydrogen-bond donors (Lipinski definition) is 2. The molecular formula is C15H19BrN4O. The summed E-state index contributed by atoms with van der Waals surface area (Å²) < 4.78 is 2.69. The number of benzene rings is 1. The lowest BCUT2D eigenvalue weighted by Gasteiger charge is -2.17. The summed E-state index contributed by atoms with van der Waals surface area (Å²) in [5.41, 5.74) is 2.13. The topological polar surface area (TPSA) is 59.0 Å². The number of amides is 1. The van der Waals surface area contributed by atoms with Crippen LogP contribution in [0.4, 0.5) is 5.69 Å². The van der Waals surface area contributed by atoms with Gasteiger partial charge in [0.05, 0.1) is 17.9 Å². The molecule has 1 amide bonds. The Morgan fingerprint density at radius 2 is 2.10 bits per heavy atom. The first-order valence-corrected chi connectivity index (χ1v) is 7.66. The van der Waals surface area contributed by atoms with Crippen LogP contribution in [-0.2, 0) is 11.3 Å². The zero-order valence-electron chi connectivity index (χ0n) is 12.1. The van der Waals surface area contributed by atoms with Crippen LogP contribution in [-0.4, -0.2) is 22.7 Å². The van der Waals surface area contributed by atoms with E-state index in [9.17, 15) is 4.79 Å². The molecule has 1 aromatic carbocycles. The van der Waals surface area contributed by atoms with Gasteiger partial charge in [0, 0.05) is 17.7 Å². The first kappa shape index (κ1) is 15.6. The van der Waals surface area contributed by atoms with Crippen molar-refractivity contribution in [2.24, 2.45) is 0 Å². The Morgan fingerprint density at radius 3 is 2.71 bits per heavy atom. The van der Waals surface area contributed by atoms with Crippen LogP contribution < -0.4 is 10.6 Å². The number of carbonyl (C=O) groups excluding carboxylic acids is 1. The maximum atomic E-state index is 11.3. The summed E-state index contributed by atoms with van der Waals surface area (Å²) in [5, 5.41) is 10.2. The Morgan fingerprint density at radius 1 is 1.38 bits per heavy atom. The number of likely N-dealkylation sites (N-methyl/N-ethyl adjacent to an activating group) is 1. The fourth-order valence-electron chi connectivity index (χ4n) is 2.07. The molecule has 2 rings (SSSR count). The van der Waals surface area contributed by atoms with E-state index in [1.807, 2.05) is 18.3 Å². The predicted octanol–water partition coefficient (Wildman–Crippen LogP) is 2.95. The predicted molar refractivity (Wildman–Crippen MR) is 87.1 cm³/mol. The van der Waals surface area contributed by atoms with Crippen LogP contribution in [0, 0.1) is 0 Å². The van der Waals surface area contributed by atoms with Crippen LogP contribution in [0.1, 0.15) is 24.9 Å². The van der Waals surface area contributed by atoms with Crippen LogP contribution in [0.15, 0.2) is 41.1 Å². The minimum atomic E-state index is -0.0652. The zero-order chi connectivity index (χ0) is 15.2. The summed E-state index contributed by atoms with van der Waals surface area (Å²) in [6, 6.07) is 8.49. The van der Waals surface area contributed by atoms with Crippen LogP contribution >= 0.6 is 15.9 Å². The molecule has 0 saturated carbocycles. The summed E-state index contributed by atoms with van der Waals surface area (Å²) in [4.78, 5) is 11.3. The lowest BCUT2D eigenvalue weighted by molar-refractivity contribution is -0.121. The fraction of sp³-hybridized carbons (Fsp3) is 0.333. The molecule has 2 N–H and O–H groups in total. The summed E-state index contributed by atoms with van der Waals surface area (Å²) in [6.45, 7) is 2.36. The molecule has 21 heavy (non-hydrogen) atoms. The van der Waals surface area contributed by atoms with Gasteiger partial charge < -0.3 is 10.6 Å². The van der Waals surface area contributed by atoms with Gasteiger partial charge in [-0.05, 0) is 24.1 Å². The van der Waals surface area contributed by atoms with Crippen molar-refractivity contribution in [2.75, 3.05) is 12.4 Å². The lowest BCUT2D eigenvalue weighted by atomic mass is 10.0. The van der Waals surface area contributed by atoms with Crippen molar-refractivity contribution >= 4 is 27.5 Å². The second-order valence-electron chi connectivity index (χ2n) is 4.76. The summed E-state index contributed by atoms with van der Waals surface area (Å²) in [5.74, 6) is -0.0652. The van der Waals surface area contributed by atoms with Gasteiger partial charge in [0.25, 0.3) is 0 Å². The SMILES string of the molecule is CCC(Nc1cnn(CC(=O)NC)c1)c1ccc(Br)cc1. The molecule has 0 radical (unpaired) electrons. The molecule has 0 aliphatic rings. The third kappa shape index (κ3) is 4.32. The highest BCUT2D eigenvalue weighted by atomic mass is 79.9. The van der Waals surface area contributed by atoms with Gasteiger partial charge >= 0.3 is 0 Å². The van der Waals surface area contributed by atoms with Crippen molar-refractivity contribution in [3.8, 4) is 0 Å². The molecule has 0 aliphatic heterocycles. The highest BCUT2D eigenvalue weighted by Gasteiger charge is 2.10. The highest BCUT2D eigenvalue weighted by molar-refractivity contribution is 9.10. The number of rotatable bonds is 6. The minimum Gasteiger partial charge on any atom is -0.376 e. The van der Waals surface area contributed by atoms with Crippen LogP contribution in [0.2, 0.25) is 0 Å². The van der Waals surface area contributed by atoms with Crippen molar-refractivity contribution in [1.82, 2.24) is 15.1 Å². The van der Waals surface area contributed by atoms with E-state index in [0.717, 1.165) is 16.6 Å². The highest BCUT2D eigenvalue weighted by Crippen LogP contribution is 2.23. The Bertz CT molecular complexity index is 594. The fourth-order valence-corrected chi connectivity index (χ4v) is 2.33. The number of halogens is 1. The number of anilines is 1. The van der Waals surface area contributed by atoms with Crippen LogP contribution in [0.25, 0.3) is 0 Å². The first-order chi connectivity index (χ1) is 10.1. The van der Waals surface area contributed by atoms with E-state index in [4.69, 9.17) is 0 Å². The summed E-state index contributed by atoms with van der Waals surface area (Å²) >= 11 is 3.44. The molecule has 0 fully saturated rings. The third-order valence-electron chi connectivity index (χ3n) is 3.24. The molecule has 1 unspecified atom stereocenters. The Labute approximate surface area is 132 Å². The zero-order valence-corrected chi connectivity index (χ0v) is 13.7. The average molecular weight is 351 g/mol. The second-order valence-corrected chi connectivity index (χ2v) is 5.67. The maximum Gasteiger partial charge on any atom is 0.241 e. The van der Waals surface area contributed by atoms with Crippen LogP contribution in [0.3, 0.4) is 0 Å². The normalized spacial score (nSPS) is 12.0. The van der Waals surface area contributed by atoms with E-state index in [0.29, 0.717) is 0 Å². The standard InChI is InChI=1S/C15H19BrN4O/c1-3-14(11-4-6-12(16)7-5-11)19-13-8-18-20(9-13)10-15(21)17-2/h4-9,14,19H,3,10H2,1-2H3,(H,17,21). The largest absolute Gasteiger partial charge is 0.376 e. The minimum absolute atomic E-state index is 0.0652. The van der Waals surface area contributed by atoms with E-state index < -0.39 is 0 Å². The van der Waals surface area contributed by atoms with Gasteiger partial charge in [-0.1, -0.05) is 35.0 Å². The number of hydrogen-bond acceptors (Lipinski definition) is 3. The van der Waals surface area contributed by atoms with E-state index in [1.165, 1.54) is 5.56 Å². The van der Waals surface area contributed by atoms with Gasteiger partial charge in [0.1, 0.15) is 6.54 Å². The number of carbonyl (C=O) groups is 1. The molecule has 0 bridgehead atoms. The van der Waals surface area contributed by atoms with Crippen molar-refractivity contribution in [3.63, 3.8) is 0 Å². The monoisotopic (exact) mass is 350 g/mol. The Kier molecular flexibility index (Phi) is 5.38. The van der Waals surface area contributed by atoms with Crippen molar-refractivity contribution in [1.29, 1.82) is 0 Å². The van der Waals surface area contributed by atoms with E-state index in [1.54, 1.807) is 17.9 Å². The van der Waals surface area contributed by atoms with Gasteiger partial charge in [-0.3, -0.25) is 9.48 Å². The van der Waals surface area contributed by atoms with Gasteiger partial charge in [-0.2, -0.15) is 5.10 Å². The number of nitrogens with one attached hydrogen (secondary N) is 2. The third-order valence-corrected chi connectivity index (χ3v) is 3.77. The van der Waals surface area contributed by atoms with Crippen molar-refractivity contribution in [2.45, 2.75) is 25.9 Å². The molecule has 5 nitrogen and oxygen atoms in total. The number of aromatic nitrogens is 2. The van der Waals surface area contributed by atoms with Gasteiger partial charge in [-0.15, -0.1) is 0 Å². The molecule has 0 spiro atoms. The molecule has 0 saturated heterocycles. The smallest absolute Gasteiger partial charge is 0.241 e. The molecular weight excluding hydrogens is 332 g/mol. The quantitative estimate of drug-likeness (QED) is 0.841. The molecule has 1 atom stereocenters. The first-order valence-electron chi connectivity index (χ1n) is 6.87. The Hall–Kier alpha value is -1.82. The number of nitrogens with zero attached hydrogens (tertiary/aromatic N) is 2. The molecule has 6 heteroatoms. The van der Waals surface area contributed by atoms with Gasteiger partial charge in [0.2, 0.25) is 5.91 Å². The van der Waals surface area contributed by atoms with E-state index >= 15 is 0 Å². The molecule has 1 aromatic heterocycles. The average Bonchev–Trinajstić information content (AvgIpc) is 2.93. The van der Waals surface area contributed by atoms with Crippen molar-refractivity contribution in [3.05, 3.63) is 46.7 Å². The second kappa shape index (κ2) is 7.26. The van der Waals surface area contributed by atoms with Crippen LogP contribution in [0.5, 0.6) is 0 Å². The summed E-state index contributed by atoms with van der Waals surface area (Å²) in [7, 11) is 1.62. The van der Waals surface area contributed by atoms with Gasteiger partial charge in [-0.25, -0.2) is 0 Å². The van der Waals surface area contributed by atoms with Gasteiger partial charge in [0.15, 0.2) is 0 Å². The van der Waals surface area contributed by atoms with E-state index in [-0.39, 0.29) is 18.5 Å². The summed E-state index contributed by atoms with van der Waals surface area (Å²) in [6.07, 6.45) is 4.55.